The van der Waals surface area contributed by atoms with E-state index in [0.717, 1.165) is 17.7 Å². The van der Waals surface area contributed by atoms with Crippen LogP contribution in [-0.2, 0) is 16.0 Å². The van der Waals surface area contributed by atoms with Crippen molar-refractivity contribution in [2.75, 3.05) is 18.9 Å². The summed E-state index contributed by atoms with van der Waals surface area (Å²) in [5, 5.41) is 6.18. The minimum absolute atomic E-state index is 0.141. The predicted molar refractivity (Wildman–Crippen MR) is 125 cm³/mol. The van der Waals surface area contributed by atoms with Gasteiger partial charge in [0.15, 0.2) is 0 Å². The predicted octanol–water partition coefficient (Wildman–Crippen LogP) is 4.41. The standard InChI is InChI=1S/C23H27Cl2N3O3/c1-5-15-8-6-7-9-19(15)26-20(29)13-28(4)23(31)21(14(2)3)27-22(30)17-11-10-16(24)12-18(17)25/h6-12,14,21H,5,13H2,1-4H3,(H,26,29)(H,27,30). The first kappa shape index (κ1) is 24.7. The van der Waals surface area contributed by atoms with Crippen molar-refractivity contribution in [3.05, 3.63) is 63.6 Å². The van der Waals surface area contributed by atoms with E-state index >= 15 is 0 Å². The van der Waals surface area contributed by atoms with Crippen LogP contribution in [0.5, 0.6) is 0 Å². The average Bonchev–Trinajstić information content (AvgIpc) is 2.71. The van der Waals surface area contributed by atoms with Crippen LogP contribution < -0.4 is 10.6 Å². The van der Waals surface area contributed by atoms with Gasteiger partial charge in [0.25, 0.3) is 5.91 Å². The summed E-state index contributed by atoms with van der Waals surface area (Å²) < 4.78 is 0. The van der Waals surface area contributed by atoms with Crippen molar-refractivity contribution < 1.29 is 14.4 Å². The maximum atomic E-state index is 13.0. The zero-order valence-electron chi connectivity index (χ0n) is 18.0. The minimum atomic E-state index is -0.819. The molecular formula is C23H27Cl2N3O3. The van der Waals surface area contributed by atoms with Crippen LogP contribution in [0.2, 0.25) is 10.0 Å². The lowest BCUT2D eigenvalue weighted by Crippen LogP contribution is -2.51. The van der Waals surface area contributed by atoms with E-state index in [1.807, 2.05) is 45.0 Å². The number of likely N-dealkylation sites (N-methyl/N-ethyl adjacent to an activating group) is 1. The van der Waals surface area contributed by atoms with Crippen molar-refractivity contribution in [3.8, 4) is 0 Å². The topological polar surface area (TPSA) is 78.5 Å². The van der Waals surface area contributed by atoms with E-state index in [1.54, 1.807) is 6.07 Å². The Bertz CT molecular complexity index is 963. The average molecular weight is 464 g/mol. The SMILES string of the molecule is CCc1ccccc1NC(=O)CN(C)C(=O)C(NC(=O)c1ccc(Cl)cc1Cl)C(C)C. The lowest BCUT2D eigenvalue weighted by Gasteiger charge is -2.27. The molecule has 2 N–H and O–H groups in total. The van der Waals surface area contributed by atoms with Crippen molar-refractivity contribution in [2.24, 2.45) is 5.92 Å². The Morgan fingerprint density at radius 2 is 1.74 bits per heavy atom. The Hall–Kier alpha value is -2.57. The number of anilines is 1. The Morgan fingerprint density at radius 1 is 1.06 bits per heavy atom. The fraction of sp³-hybridized carbons (Fsp3) is 0.348. The summed E-state index contributed by atoms with van der Waals surface area (Å²) >= 11 is 12.0. The second kappa shape index (κ2) is 11.2. The molecule has 2 aromatic rings. The number of benzene rings is 2. The third kappa shape index (κ3) is 6.71. The van der Waals surface area contributed by atoms with Gasteiger partial charge in [0.05, 0.1) is 17.1 Å². The van der Waals surface area contributed by atoms with Crippen LogP contribution in [0.25, 0.3) is 0 Å². The summed E-state index contributed by atoms with van der Waals surface area (Å²) in [6, 6.07) is 11.2. The number of hydrogen-bond donors (Lipinski definition) is 2. The van der Waals surface area contributed by atoms with Crippen LogP contribution in [0.3, 0.4) is 0 Å². The van der Waals surface area contributed by atoms with Crippen molar-refractivity contribution in [2.45, 2.75) is 33.2 Å². The highest BCUT2D eigenvalue weighted by molar-refractivity contribution is 6.36. The Labute approximate surface area is 192 Å². The van der Waals surface area contributed by atoms with Gasteiger partial charge in [-0.25, -0.2) is 0 Å². The molecule has 2 aromatic carbocycles. The summed E-state index contributed by atoms with van der Waals surface area (Å²) in [6.45, 7) is 5.50. The molecule has 1 atom stereocenters. The third-order valence-corrected chi connectivity index (χ3v) is 5.37. The fourth-order valence-corrected chi connectivity index (χ4v) is 3.57. The number of carbonyl (C=O) groups excluding carboxylic acids is 3. The molecule has 0 aromatic heterocycles. The van der Waals surface area contributed by atoms with E-state index < -0.39 is 11.9 Å². The number of para-hydroxylation sites is 1. The number of amides is 3. The molecule has 3 amide bonds. The van der Waals surface area contributed by atoms with Gasteiger partial charge in [-0.05, 0) is 42.2 Å². The van der Waals surface area contributed by atoms with Gasteiger partial charge in [0.2, 0.25) is 11.8 Å². The van der Waals surface area contributed by atoms with Gasteiger partial charge < -0.3 is 15.5 Å². The smallest absolute Gasteiger partial charge is 0.253 e. The Balaban J connectivity index is 2.06. The number of rotatable bonds is 8. The summed E-state index contributed by atoms with van der Waals surface area (Å²) in [5.41, 5.74) is 1.96. The summed E-state index contributed by atoms with van der Waals surface area (Å²) in [4.78, 5) is 39.4. The molecule has 0 fully saturated rings. The van der Waals surface area contributed by atoms with Crippen LogP contribution in [-0.4, -0.2) is 42.3 Å². The highest BCUT2D eigenvalue weighted by Crippen LogP contribution is 2.21. The normalized spacial score (nSPS) is 11.7. The monoisotopic (exact) mass is 463 g/mol. The zero-order valence-corrected chi connectivity index (χ0v) is 19.6. The van der Waals surface area contributed by atoms with Gasteiger partial charge in [0.1, 0.15) is 6.04 Å². The van der Waals surface area contributed by atoms with E-state index in [2.05, 4.69) is 10.6 Å². The minimum Gasteiger partial charge on any atom is -0.340 e. The molecule has 31 heavy (non-hydrogen) atoms. The van der Waals surface area contributed by atoms with E-state index in [4.69, 9.17) is 23.2 Å². The summed E-state index contributed by atoms with van der Waals surface area (Å²) in [6.07, 6.45) is 0.778. The zero-order chi connectivity index (χ0) is 23.1. The molecule has 6 nitrogen and oxygen atoms in total. The maximum Gasteiger partial charge on any atom is 0.253 e. The number of nitrogens with zero attached hydrogens (tertiary/aromatic N) is 1. The maximum absolute atomic E-state index is 13.0. The summed E-state index contributed by atoms with van der Waals surface area (Å²) in [5.74, 6) is -1.36. The van der Waals surface area contributed by atoms with Crippen molar-refractivity contribution >= 4 is 46.6 Å². The van der Waals surface area contributed by atoms with Crippen LogP contribution >= 0.6 is 23.2 Å². The second-order valence-corrected chi connectivity index (χ2v) is 8.42. The first-order valence-corrected chi connectivity index (χ1v) is 10.8. The van der Waals surface area contributed by atoms with Gasteiger partial charge in [-0.15, -0.1) is 0 Å². The van der Waals surface area contributed by atoms with E-state index in [-0.39, 0.29) is 34.9 Å². The Kier molecular flexibility index (Phi) is 8.89. The van der Waals surface area contributed by atoms with Gasteiger partial charge in [0, 0.05) is 17.8 Å². The second-order valence-electron chi connectivity index (χ2n) is 7.57. The van der Waals surface area contributed by atoms with E-state index in [9.17, 15) is 14.4 Å². The van der Waals surface area contributed by atoms with Crippen LogP contribution in [0.15, 0.2) is 42.5 Å². The molecule has 0 bridgehead atoms. The van der Waals surface area contributed by atoms with E-state index in [0.29, 0.717) is 5.02 Å². The van der Waals surface area contributed by atoms with Crippen LogP contribution in [0.4, 0.5) is 5.69 Å². The number of aryl methyl sites for hydroxylation is 1. The molecule has 0 aliphatic carbocycles. The molecular weight excluding hydrogens is 437 g/mol. The van der Waals surface area contributed by atoms with Crippen molar-refractivity contribution in [3.63, 3.8) is 0 Å². The molecule has 1 unspecified atom stereocenters. The molecule has 166 valence electrons. The largest absolute Gasteiger partial charge is 0.340 e. The molecule has 8 heteroatoms. The highest BCUT2D eigenvalue weighted by atomic mass is 35.5. The van der Waals surface area contributed by atoms with Gasteiger partial charge in [-0.1, -0.05) is 62.2 Å². The number of nitrogens with one attached hydrogen (secondary N) is 2. The molecule has 2 rings (SSSR count). The molecule has 0 spiro atoms. The van der Waals surface area contributed by atoms with Gasteiger partial charge in [-0.3, -0.25) is 14.4 Å². The molecule has 0 saturated heterocycles. The lowest BCUT2D eigenvalue weighted by molar-refractivity contribution is -0.135. The van der Waals surface area contributed by atoms with Crippen LogP contribution in [0.1, 0.15) is 36.7 Å². The quantitative estimate of drug-likeness (QED) is 0.608. The van der Waals surface area contributed by atoms with Gasteiger partial charge in [-0.2, -0.15) is 0 Å². The number of carbonyl (C=O) groups is 3. The fourth-order valence-electron chi connectivity index (χ4n) is 3.08. The molecule has 0 heterocycles. The number of hydrogen-bond acceptors (Lipinski definition) is 3. The lowest BCUT2D eigenvalue weighted by atomic mass is 10.0. The number of halogens is 2. The van der Waals surface area contributed by atoms with Crippen molar-refractivity contribution in [1.29, 1.82) is 0 Å². The molecule has 0 aliphatic heterocycles. The van der Waals surface area contributed by atoms with Crippen LogP contribution in [0, 0.1) is 5.92 Å². The van der Waals surface area contributed by atoms with E-state index in [1.165, 1.54) is 24.1 Å². The molecule has 0 aliphatic rings. The first-order valence-electron chi connectivity index (χ1n) is 10.0. The summed E-state index contributed by atoms with van der Waals surface area (Å²) in [7, 11) is 1.53. The molecule has 0 saturated carbocycles. The third-order valence-electron chi connectivity index (χ3n) is 4.82. The van der Waals surface area contributed by atoms with Crippen molar-refractivity contribution in [1.82, 2.24) is 10.2 Å². The Morgan fingerprint density at radius 3 is 2.35 bits per heavy atom. The highest BCUT2D eigenvalue weighted by Gasteiger charge is 2.29. The first-order chi connectivity index (χ1) is 14.6. The molecule has 0 radical (unpaired) electrons. The van der Waals surface area contributed by atoms with Gasteiger partial charge >= 0.3 is 0 Å².